The highest BCUT2D eigenvalue weighted by Crippen LogP contribution is 2.27. The van der Waals surface area contributed by atoms with Crippen molar-refractivity contribution in [1.29, 1.82) is 0 Å². The molecule has 0 unspecified atom stereocenters. The van der Waals surface area contributed by atoms with Crippen LogP contribution in [0.1, 0.15) is 32.2 Å². The predicted octanol–water partition coefficient (Wildman–Crippen LogP) is 2.86. The molecule has 0 aliphatic heterocycles. The first-order valence-corrected chi connectivity index (χ1v) is 9.69. The molecule has 32 heavy (non-hydrogen) atoms. The van der Waals surface area contributed by atoms with Crippen molar-refractivity contribution in [1.82, 2.24) is 20.3 Å². The van der Waals surface area contributed by atoms with Crippen molar-refractivity contribution < 1.29 is 19.1 Å². The number of aromatic nitrogens is 3. The van der Waals surface area contributed by atoms with E-state index in [2.05, 4.69) is 30.9 Å². The number of aryl methyl sites for hydroxylation is 2. The standard InChI is InChI=1S/C22H24N6O4/c1-12-8-20(26-13(2)25-12)28-19-10-17(16(11-24-19)21(29)23-3)27-22(30)15-9-14(31-4)6-7-18(15)32-5/h6-11H,1-5H3,(H,23,29)(H2,24,25,26,27,28,30). The molecule has 0 radical (unpaired) electrons. The van der Waals surface area contributed by atoms with Gasteiger partial charge in [-0.15, -0.1) is 0 Å². The van der Waals surface area contributed by atoms with E-state index in [0.717, 1.165) is 5.69 Å². The number of rotatable bonds is 7. The Morgan fingerprint density at radius 3 is 2.34 bits per heavy atom. The maximum absolute atomic E-state index is 13.0. The third-order valence-corrected chi connectivity index (χ3v) is 4.50. The number of ether oxygens (including phenoxy) is 2. The lowest BCUT2D eigenvalue weighted by molar-refractivity contribution is 0.0963. The number of hydrogen-bond donors (Lipinski definition) is 3. The number of nitrogens with zero attached hydrogens (tertiary/aromatic N) is 3. The number of benzene rings is 1. The number of carbonyl (C=O) groups is 2. The largest absolute Gasteiger partial charge is 0.497 e. The van der Waals surface area contributed by atoms with Gasteiger partial charge in [-0.05, 0) is 32.0 Å². The van der Waals surface area contributed by atoms with Crippen molar-refractivity contribution in [2.24, 2.45) is 0 Å². The number of hydrogen-bond acceptors (Lipinski definition) is 8. The molecule has 3 aromatic rings. The molecule has 0 spiro atoms. The zero-order valence-corrected chi connectivity index (χ0v) is 18.4. The molecule has 1 aromatic carbocycles. The minimum Gasteiger partial charge on any atom is -0.497 e. The predicted molar refractivity (Wildman–Crippen MR) is 120 cm³/mol. The van der Waals surface area contributed by atoms with Gasteiger partial charge >= 0.3 is 0 Å². The molecule has 2 heterocycles. The van der Waals surface area contributed by atoms with Crippen LogP contribution in [0.5, 0.6) is 11.5 Å². The monoisotopic (exact) mass is 436 g/mol. The number of pyridine rings is 1. The zero-order chi connectivity index (χ0) is 23.3. The van der Waals surface area contributed by atoms with Gasteiger partial charge in [-0.2, -0.15) is 0 Å². The topological polar surface area (TPSA) is 127 Å². The van der Waals surface area contributed by atoms with Crippen LogP contribution in [0.3, 0.4) is 0 Å². The summed E-state index contributed by atoms with van der Waals surface area (Å²) < 4.78 is 10.5. The van der Waals surface area contributed by atoms with E-state index in [1.54, 1.807) is 37.3 Å². The molecule has 0 bridgehead atoms. The van der Waals surface area contributed by atoms with E-state index in [4.69, 9.17) is 9.47 Å². The van der Waals surface area contributed by atoms with Crippen molar-refractivity contribution in [3.63, 3.8) is 0 Å². The Hall–Kier alpha value is -4.21. The second-order valence-electron chi connectivity index (χ2n) is 6.78. The average molecular weight is 436 g/mol. The van der Waals surface area contributed by atoms with Crippen molar-refractivity contribution in [2.45, 2.75) is 13.8 Å². The van der Waals surface area contributed by atoms with Crippen LogP contribution in [0.2, 0.25) is 0 Å². The van der Waals surface area contributed by atoms with E-state index >= 15 is 0 Å². The lowest BCUT2D eigenvalue weighted by Gasteiger charge is -2.14. The van der Waals surface area contributed by atoms with Crippen LogP contribution in [0.15, 0.2) is 36.5 Å². The van der Waals surface area contributed by atoms with Gasteiger partial charge in [0.25, 0.3) is 11.8 Å². The summed E-state index contributed by atoms with van der Waals surface area (Å²) in [6, 6.07) is 8.20. The molecule has 0 saturated carbocycles. The van der Waals surface area contributed by atoms with Crippen LogP contribution in [0, 0.1) is 13.8 Å². The minimum atomic E-state index is -0.475. The summed E-state index contributed by atoms with van der Waals surface area (Å²) in [6.45, 7) is 3.64. The Morgan fingerprint density at radius 2 is 1.69 bits per heavy atom. The summed E-state index contributed by atoms with van der Waals surface area (Å²) in [5, 5.41) is 8.39. The number of nitrogens with one attached hydrogen (secondary N) is 3. The first kappa shape index (κ1) is 22.5. The Morgan fingerprint density at radius 1 is 0.906 bits per heavy atom. The Kier molecular flexibility index (Phi) is 6.83. The van der Waals surface area contributed by atoms with Gasteiger partial charge < -0.3 is 25.4 Å². The molecule has 10 heteroatoms. The fourth-order valence-electron chi connectivity index (χ4n) is 3.04. The smallest absolute Gasteiger partial charge is 0.259 e. The second kappa shape index (κ2) is 9.73. The highest BCUT2D eigenvalue weighted by Gasteiger charge is 2.19. The maximum atomic E-state index is 13.0. The molecule has 0 aliphatic rings. The fourth-order valence-corrected chi connectivity index (χ4v) is 3.04. The Bertz CT molecular complexity index is 1140. The summed E-state index contributed by atoms with van der Waals surface area (Å²) in [4.78, 5) is 38.2. The van der Waals surface area contributed by atoms with Gasteiger partial charge in [0, 0.05) is 31.1 Å². The highest BCUT2D eigenvalue weighted by molar-refractivity contribution is 6.10. The third-order valence-electron chi connectivity index (χ3n) is 4.50. The number of methoxy groups -OCH3 is 2. The van der Waals surface area contributed by atoms with Crippen LogP contribution >= 0.6 is 0 Å². The second-order valence-corrected chi connectivity index (χ2v) is 6.78. The van der Waals surface area contributed by atoms with Crippen LogP contribution in [-0.2, 0) is 0 Å². The van der Waals surface area contributed by atoms with E-state index in [1.165, 1.54) is 27.5 Å². The van der Waals surface area contributed by atoms with Gasteiger partial charge in [-0.25, -0.2) is 15.0 Å². The van der Waals surface area contributed by atoms with Gasteiger partial charge in [0.2, 0.25) is 0 Å². The van der Waals surface area contributed by atoms with E-state index in [1.807, 2.05) is 6.92 Å². The highest BCUT2D eigenvalue weighted by atomic mass is 16.5. The van der Waals surface area contributed by atoms with Crippen molar-refractivity contribution in [3.8, 4) is 11.5 Å². The molecule has 166 valence electrons. The fraction of sp³-hybridized carbons (Fsp3) is 0.227. The van der Waals surface area contributed by atoms with Crippen molar-refractivity contribution >= 4 is 29.1 Å². The average Bonchev–Trinajstić information content (AvgIpc) is 2.77. The van der Waals surface area contributed by atoms with Gasteiger partial charge in [-0.1, -0.05) is 0 Å². The molecule has 0 atom stereocenters. The van der Waals surface area contributed by atoms with E-state index in [-0.39, 0.29) is 16.8 Å². The molecule has 0 fully saturated rings. The van der Waals surface area contributed by atoms with Crippen LogP contribution in [-0.4, -0.2) is 48.0 Å². The summed E-state index contributed by atoms with van der Waals surface area (Å²) in [5.74, 6) is 1.53. The molecule has 2 aromatic heterocycles. The first-order chi connectivity index (χ1) is 15.3. The summed E-state index contributed by atoms with van der Waals surface area (Å²) >= 11 is 0. The molecule has 3 N–H and O–H groups in total. The Balaban J connectivity index is 1.97. The lowest BCUT2D eigenvalue weighted by atomic mass is 10.1. The van der Waals surface area contributed by atoms with Gasteiger partial charge in [0.1, 0.15) is 29.0 Å². The number of amides is 2. The summed E-state index contributed by atoms with van der Waals surface area (Å²) in [6.07, 6.45) is 1.38. The third kappa shape index (κ3) is 5.09. The molecular formula is C22H24N6O4. The van der Waals surface area contributed by atoms with E-state index in [9.17, 15) is 9.59 Å². The van der Waals surface area contributed by atoms with Crippen LogP contribution in [0.25, 0.3) is 0 Å². The molecular weight excluding hydrogens is 412 g/mol. The van der Waals surface area contributed by atoms with E-state index in [0.29, 0.717) is 29.0 Å². The van der Waals surface area contributed by atoms with E-state index < -0.39 is 11.8 Å². The van der Waals surface area contributed by atoms with Crippen molar-refractivity contribution in [2.75, 3.05) is 31.9 Å². The maximum Gasteiger partial charge on any atom is 0.259 e. The normalized spacial score (nSPS) is 10.3. The van der Waals surface area contributed by atoms with Crippen LogP contribution < -0.4 is 25.4 Å². The molecule has 3 rings (SSSR count). The molecule has 10 nitrogen and oxygen atoms in total. The summed E-state index contributed by atoms with van der Waals surface area (Å²) in [5.41, 5.74) is 1.51. The van der Waals surface area contributed by atoms with Gasteiger partial charge in [0.05, 0.1) is 31.0 Å². The van der Waals surface area contributed by atoms with Crippen LogP contribution in [0.4, 0.5) is 17.3 Å². The minimum absolute atomic E-state index is 0.198. The quantitative estimate of drug-likeness (QED) is 0.516. The molecule has 0 saturated heterocycles. The van der Waals surface area contributed by atoms with Gasteiger partial charge in [0.15, 0.2) is 0 Å². The number of carbonyl (C=O) groups excluding carboxylic acids is 2. The summed E-state index contributed by atoms with van der Waals surface area (Å²) in [7, 11) is 4.47. The Labute approximate surface area is 185 Å². The van der Waals surface area contributed by atoms with Gasteiger partial charge in [-0.3, -0.25) is 9.59 Å². The first-order valence-electron chi connectivity index (χ1n) is 9.69. The van der Waals surface area contributed by atoms with Crippen molar-refractivity contribution in [3.05, 3.63) is 59.2 Å². The SMILES string of the molecule is CNC(=O)c1cnc(Nc2cc(C)nc(C)n2)cc1NC(=O)c1cc(OC)ccc1OC. The number of anilines is 3. The molecule has 2 amide bonds. The zero-order valence-electron chi connectivity index (χ0n) is 18.4. The lowest BCUT2D eigenvalue weighted by Crippen LogP contribution is -2.22. The molecule has 0 aliphatic carbocycles.